The predicted molar refractivity (Wildman–Crippen MR) is 343 cm³/mol. The highest BCUT2D eigenvalue weighted by Gasteiger charge is 2.19. The van der Waals surface area contributed by atoms with Crippen molar-refractivity contribution in [1.82, 2.24) is 0 Å². The number of unbranched alkanes of at least 4 members (excludes halogenated alkanes) is 13. The van der Waals surface area contributed by atoms with Crippen molar-refractivity contribution in [3.8, 4) is 0 Å². The third-order valence-corrected chi connectivity index (χ3v) is 12.4. The monoisotopic (exact) mass is 1080 g/mol. The van der Waals surface area contributed by atoms with Crippen LogP contribution in [0.1, 0.15) is 239 Å². The lowest BCUT2D eigenvalue weighted by Crippen LogP contribution is -2.30. The van der Waals surface area contributed by atoms with Crippen LogP contribution in [-0.4, -0.2) is 37.2 Å². The molecule has 0 heterocycles. The molecular formula is C73H112O6. The molecule has 0 saturated carbocycles. The third-order valence-electron chi connectivity index (χ3n) is 12.4. The largest absolute Gasteiger partial charge is 0.462 e. The standard InChI is InChI=1S/C73H112O6/c1-4-7-10-13-16-19-22-25-28-31-34-35-36-37-40-42-45-48-51-54-57-60-63-66-72(75)78-69-70(79-73(76)67-64-61-58-55-52-49-46-43-39-33-30-27-24-21-18-15-12-9-6-3)68-77-71(74)65-62-59-56-53-50-47-44-41-38-32-29-26-23-20-17-14-11-8-5-2/h7-12,16-21,25-30,34-35,37-41,43,47,49-50,52,70H,4-6,13-15,22-24,31-33,36,42,44-46,48,51,53-69H2,1-3H3/b10-7-,11-8-,12-9-,19-16-,20-17-,21-18-,28-25-,29-26-,30-27-,35-34-,40-37-,41-38-,43-39-,50-47-,52-49-. The quantitative estimate of drug-likeness (QED) is 0.0261. The lowest BCUT2D eigenvalue weighted by molar-refractivity contribution is -0.167. The number of rotatable bonds is 54. The Morgan fingerprint density at radius 2 is 0.456 bits per heavy atom. The van der Waals surface area contributed by atoms with Gasteiger partial charge in [0.25, 0.3) is 0 Å². The van der Waals surface area contributed by atoms with Crippen LogP contribution in [-0.2, 0) is 28.6 Å². The summed E-state index contributed by atoms with van der Waals surface area (Å²) in [4.78, 5) is 38.3. The van der Waals surface area contributed by atoms with E-state index in [2.05, 4.69) is 203 Å². The van der Waals surface area contributed by atoms with E-state index in [1.54, 1.807) is 0 Å². The second-order valence-electron chi connectivity index (χ2n) is 19.8. The van der Waals surface area contributed by atoms with Gasteiger partial charge in [-0.2, -0.15) is 0 Å². The van der Waals surface area contributed by atoms with Crippen LogP contribution in [0.25, 0.3) is 0 Å². The number of allylic oxidation sites excluding steroid dienone is 30. The number of carbonyl (C=O) groups is 3. The van der Waals surface area contributed by atoms with E-state index < -0.39 is 6.10 Å². The summed E-state index contributed by atoms with van der Waals surface area (Å²) < 4.78 is 16.9. The van der Waals surface area contributed by atoms with Crippen LogP contribution in [0.4, 0.5) is 0 Å². The Kier molecular flexibility index (Phi) is 60.5. The molecule has 0 saturated heterocycles. The van der Waals surface area contributed by atoms with Crippen molar-refractivity contribution >= 4 is 17.9 Å². The fraction of sp³-hybridized carbons (Fsp3) is 0.548. The third kappa shape index (κ3) is 63.2. The molecule has 0 radical (unpaired) electrons. The summed E-state index contributed by atoms with van der Waals surface area (Å²) in [6, 6.07) is 0. The molecule has 6 heteroatoms. The molecule has 1 atom stereocenters. The highest BCUT2D eigenvalue weighted by Crippen LogP contribution is 2.13. The Labute approximate surface area is 484 Å². The number of ether oxygens (including phenoxy) is 3. The van der Waals surface area contributed by atoms with Gasteiger partial charge < -0.3 is 14.2 Å². The van der Waals surface area contributed by atoms with Gasteiger partial charge in [0.15, 0.2) is 6.10 Å². The Morgan fingerprint density at radius 3 is 0.722 bits per heavy atom. The molecule has 79 heavy (non-hydrogen) atoms. The van der Waals surface area contributed by atoms with Crippen LogP contribution in [0.5, 0.6) is 0 Å². The van der Waals surface area contributed by atoms with E-state index in [-0.39, 0.29) is 37.5 Å². The predicted octanol–water partition coefficient (Wildman–Crippen LogP) is 21.7. The average molecular weight is 1090 g/mol. The first-order valence-corrected chi connectivity index (χ1v) is 31.3. The summed E-state index contributed by atoms with van der Waals surface area (Å²) in [5.41, 5.74) is 0. The van der Waals surface area contributed by atoms with E-state index >= 15 is 0 Å². The molecule has 0 bridgehead atoms. The molecule has 0 fully saturated rings. The Morgan fingerprint density at radius 1 is 0.253 bits per heavy atom. The maximum atomic E-state index is 12.9. The number of carbonyl (C=O) groups excluding carboxylic acids is 3. The van der Waals surface area contributed by atoms with Gasteiger partial charge in [0, 0.05) is 19.3 Å². The molecule has 0 aromatic rings. The van der Waals surface area contributed by atoms with Gasteiger partial charge in [-0.15, -0.1) is 0 Å². The van der Waals surface area contributed by atoms with Gasteiger partial charge >= 0.3 is 17.9 Å². The maximum absolute atomic E-state index is 12.9. The van der Waals surface area contributed by atoms with Gasteiger partial charge in [-0.05, 0) is 154 Å². The summed E-state index contributed by atoms with van der Waals surface area (Å²) in [5.74, 6) is -1.00. The summed E-state index contributed by atoms with van der Waals surface area (Å²) in [7, 11) is 0. The van der Waals surface area contributed by atoms with Gasteiger partial charge in [-0.3, -0.25) is 14.4 Å². The summed E-state index contributed by atoms with van der Waals surface area (Å²) in [6.07, 6.45) is 97.4. The molecule has 0 spiro atoms. The van der Waals surface area contributed by atoms with Crippen LogP contribution < -0.4 is 0 Å². The number of hydrogen-bond acceptors (Lipinski definition) is 6. The fourth-order valence-electron chi connectivity index (χ4n) is 7.81. The molecule has 0 amide bonds. The normalized spacial score (nSPS) is 13.4. The SMILES string of the molecule is CC/C=C\C/C=C\C/C=C\C/C=C\C/C=C\CCCCCCCCCC(=O)OCC(COC(=O)CCCCC/C=C\C/C=C\C/C=C\C/C=C\C/C=C\CC)OC(=O)CCCCC/C=C\C/C=C\C/C=C\C/C=C\C/C=C\CC. The van der Waals surface area contributed by atoms with Crippen molar-refractivity contribution in [1.29, 1.82) is 0 Å². The molecule has 0 aliphatic heterocycles. The van der Waals surface area contributed by atoms with Crippen molar-refractivity contribution in [2.24, 2.45) is 0 Å². The zero-order valence-corrected chi connectivity index (χ0v) is 50.3. The van der Waals surface area contributed by atoms with Crippen LogP contribution in [0.15, 0.2) is 182 Å². The van der Waals surface area contributed by atoms with E-state index in [9.17, 15) is 14.4 Å². The first kappa shape index (κ1) is 73.5. The molecule has 0 aromatic heterocycles. The fourth-order valence-corrected chi connectivity index (χ4v) is 7.81. The molecule has 6 nitrogen and oxygen atoms in total. The topological polar surface area (TPSA) is 78.9 Å². The number of esters is 3. The van der Waals surface area contributed by atoms with Crippen LogP contribution in [0.3, 0.4) is 0 Å². The minimum absolute atomic E-state index is 0.118. The molecule has 1 unspecified atom stereocenters. The summed E-state index contributed by atoms with van der Waals surface area (Å²) in [5, 5.41) is 0. The van der Waals surface area contributed by atoms with E-state index in [0.29, 0.717) is 19.3 Å². The van der Waals surface area contributed by atoms with Gasteiger partial charge in [-0.25, -0.2) is 0 Å². The highest BCUT2D eigenvalue weighted by atomic mass is 16.6. The van der Waals surface area contributed by atoms with Crippen molar-refractivity contribution in [3.05, 3.63) is 182 Å². The average Bonchev–Trinajstić information content (AvgIpc) is 3.45. The Hall–Kier alpha value is -5.49. The second kappa shape index (κ2) is 65.0. The van der Waals surface area contributed by atoms with Crippen molar-refractivity contribution < 1.29 is 28.6 Å². The summed E-state index contributed by atoms with van der Waals surface area (Å²) in [6.45, 7) is 6.22. The first-order valence-electron chi connectivity index (χ1n) is 31.3. The molecule has 440 valence electrons. The Bertz CT molecular complexity index is 1870. The smallest absolute Gasteiger partial charge is 0.306 e. The van der Waals surface area contributed by atoms with Gasteiger partial charge in [0.1, 0.15) is 13.2 Å². The number of hydrogen-bond donors (Lipinski definition) is 0. The van der Waals surface area contributed by atoms with Crippen molar-refractivity contribution in [2.45, 2.75) is 245 Å². The zero-order chi connectivity index (χ0) is 57.1. The molecule has 0 rings (SSSR count). The van der Waals surface area contributed by atoms with Crippen LogP contribution >= 0.6 is 0 Å². The second-order valence-corrected chi connectivity index (χ2v) is 19.8. The minimum atomic E-state index is -0.827. The van der Waals surface area contributed by atoms with Gasteiger partial charge in [-0.1, -0.05) is 248 Å². The summed E-state index contributed by atoms with van der Waals surface area (Å²) >= 11 is 0. The lowest BCUT2D eigenvalue weighted by atomic mass is 10.1. The van der Waals surface area contributed by atoms with E-state index in [1.165, 1.54) is 19.3 Å². The first-order chi connectivity index (χ1) is 39.0. The van der Waals surface area contributed by atoms with Gasteiger partial charge in [0.05, 0.1) is 0 Å². The maximum Gasteiger partial charge on any atom is 0.306 e. The molecular weight excluding hydrogens is 973 g/mol. The van der Waals surface area contributed by atoms with Crippen LogP contribution in [0, 0.1) is 0 Å². The van der Waals surface area contributed by atoms with E-state index in [0.717, 1.165) is 173 Å². The molecule has 0 aliphatic carbocycles. The Balaban J connectivity index is 4.56. The molecule has 0 N–H and O–H groups in total. The molecule has 0 aliphatic rings. The lowest BCUT2D eigenvalue weighted by Gasteiger charge is -2.18. The van der Waals surface area contributed by atoms with E-state index in [4.69, 9.17) is 14.2 Å². The highest BCUT2D eigenvalue weighted by molar-refractivity contribution is 5.71. The van der Waals surface area contributed by atoms with Crippen LogP contribution in [0.2, 0.25) is 0 Å². The zero-order valence-electron chi connectivity index (χ0n) is 50.3. The molecule has 0 aromatic carbocycles. The van der Waals surface area contributed by atoms with Crippen molar-refractivity contribution in [2.75, 3.05) is 13.2 Å². The van der Waals surface area contributed by atoms with E-state index in [1.807, 2.05) is 0 Å². The van der Waals surface area contributed by atoms with Gasteiger partial charge in [0.2, 0.25) is 0 Å². The van der Waals surface area contributed by atoms with Crippen molar-refractivity contribution in [3.63, 3.8) is 0 Å². The minimum Gasteiger partial charge on any atom is -0.462 e.